The molecule has 0 atom stereocenters. The van der Waals surface area contributed by atoms with Crippen LogP contribution in [0.25, 0.3) is 0 Å². The molecule has 0 unspecified atom stereocenters. The summed E-state index contributed by atoms with van der Waals surface area (Å²) in [4.78, 5) is 15.6. The summed E-state index contributed by atoms with van der Waals surface area (Å²) in [6.45, 7) is 1.93. The molecule has 0 amide bonds. The van der Waals surface area contributed by atoms with Crippen LogP contribution in [0.2, 0.25) is 0 Å². The number of alkyl halides is 3. The molecule has 6 heteroatoms. The Balaban J connectivity index is 1.97. The zero-order chi connectivity index (χ0) is 15.5. The molecule has 2 rings (SSSR count). The third-order valence-electron chi connectivity index (χ3n) is 2.79. The van der Waals surface area contributed by atoms with E-state index in [0.29, 0.717) is 10.6 Å². The number of nitrogens with zero attached hydrogens (tertiary/aromatic N) is 1. The van der Waals surface area contributed by atoms with Gasteiger partial charge in [0.05, 0.1) is 16.3 Å². The van der Waals surface area contributed by atoms with E-state index in [-0.39, 0.29) is 11.5 Å². The summed E-state index contributed by atoms with van der Waals surface area (Å²) in [7, 11) is 0. The van der Waals surface area contributed by atoms with Crippen molar-refractivity contribution in [1.29, 1.82) is 0 Å². The van der Waals surface area contributed by atoms with Gasteiger partial charge >= 0.3 is 6.18 Å². The van der Waals surface area contributed by atoms with E-state index >= 15 is 0 Å². The Labute approximate surface area is 124 Å². The van der Waals surface area contributed by atoms with Crippen molar-refractivity contribution in [2.24, 2.45) is 0 Å². The van der Waals surface area contributed by atoms with E-state index in [1.165, 1.54) is 6.07 Å². The number of Topliss-reactive ketones (excluding diaryl/α,β-unsaturated/α-hetero) is 1. The highest BCUT2D eigenvalue weighted by atomic mass is 32.2. The standard InChI is InChI=1S/C15H12F3NOS/c1-10-2-4-11(5-3-10)13(20)9-21-14-7-6-12(8-19-14)15(16,17)18/h2-8H,9H2,1H3. The number of carbonyl (C=O) groups is 1. The van der Waals surface area contributed by atoms with Crippen molar-refractivity contribution < 1.29 is 18.0 Å². The zero-order valence-corrected chi connectivity index (χ0v) is 12.0. The van der Waals surface area contributed by atoms with Crippen LogP contribution in [0.5, 0.6) is 0 Å². The maximum Gasteiger partial charge on any atom is 0.417 e. The molecule has 1 heterocycles. The molecule has 2 aromatic rings. The monoisotopic (exact) mass is 311 g/mol. The molecule has 0 saturated carbocycles. The maximum absolute atomic E-state index is 12.4. The Morgan fingerprint density at radius 1 is 1.14 bits per heavy atom. The van der Waals surface area contributed by atoms with Gasteiger partial charge in [-0.05, 0) is 19.1 Å². The van der Waals surface area contributed by atoms with Crippen molar-refractivity contribution in [3.8, 4) is 0 Å². The lowest BCUT2D eigenvalue weighted by Gasteiger charge is -2.06. The number of hydrogen-bond donors (Lipinski definition) is 0. The van der Waals surface area contributed by atoms with Gasteiger partial charge in [0.2, 0.25) is 0 Å². The summed E-state index contributed by atoms with van der Waals surface area (Å²) < 4.78 is 37.2. The smallest absolute Gasteiger partial charge is 0.293 e. The molecule has 0 spiro atoms. The zero-order valence-electron chi connectivity index (χ0n) is 11.1. The molecule has 1 aromatic heterocycles. The van der Waals surface area contributed by atoms with Crippen molar-refractivity contribution in [2.45, 2.75) is 18.1 Å². The van der Waals surface area contributed by atoms with Gasteiger partial charge in [-0.1, -0.05) is 41.6 Å². The van der Waals surface area contributed by atoms with Gasteiger partial charge in [-0.25, -0.2) is 4.98 Å². The van der Waals surface area contributed by atoms with Gasteiger partial charge in [-0.3, -0.25) is 4.79 Å². The molecular formula is C15H12F3NOS. The number of aromatic nitrogens is 1. The highest BCUT2D eigenvalue weighted by molar-refractivity contribution is 7.99. The highest BCUT2D eigenvalue weighted by Crippen LogP contribution is 2.29. The lowest BCUT2D eigenvalue weighted by molar-refractivity contribution is -0.137. The number of halogens is 3. The second-order valence-corrected chi connectivity index (χ2v) is 5.46. The third-order valence-corrected chi connectivity index (χ3v) is 3.73. The second-order valence-electron chi connectivity index (χ2n) is 4.46. The van der Waals surface area contributed by atoms with Crippen LogP contribution in [0, 0.1) is 6.92 Å². The van der Waals surface area contributed by atoms with Crippen LogP contribution in [0.15, 0.2) is 47.6 Å². The topological polar surface area (TPSA) is 30.0 Å². The summed E-state index contributed by atoms with van der Waals surface area (Å²) in [5.41, 5.74) is 0.848. The number of benzene rings is 1. The average molecular weight is 311 g/mol. The van der Waals surface area contributed by atoms with Gasteiger partial charge in [0.25, 0.3) is 0 Å². The predicted octanol–water partition coefficient (Wildman–Crippen LogP) is 4.38. The van der Waals surface area contributed by atoms with E-state index in [2.05, 4.69) is 4.98 Å². The van der Waals surface area contributed by atoms with Gasteiger partial charge in [0, 0.05) is 11.8 Å². The van der Waals surface area contributed by atoms with E-state index in [1.54, 1.807) is 12.1 Å². The molecule has 0 aliphatic heterocycles. The number of hydrogen-bond acceptors (Lipinski definition) is 3. The van der Waals surface area contributed by atoms with Crippen LogP contribution in [0.4, 0.5) is 13.2 Å². The Morgan fingerprint density at radius 3 is 2.33 bits per heavy atom. The first-order valence-electron chi connectivity index (χ1n) is 6.12. The van der Waals surface area contributed by atoms with Crippen LogP contribution in [0.3, 0.4) is 0 Å². The summed E-state index contributed by atoms with van der Waals surface area (Å²) in [5.74, 6) is 0.0585. The van der Waals surface area contributed by atoms with E-state index in [0.717, 1.165) is 29.6 Å². The second kappa shape index (κ2) is 6.30. The van der Waals surface area contributed by atoms with Crippen molar-refractivity contribution in [1.82, 2.24) is 4.98 Å². The number of carbonyl (C=O) groups excluding carboxylic acids is 1. The molecule has 2 nitrogen and oxygen atoms in total. The third kappa shape index (κ3) is 4.32. The van der Waals surface area contributed by atoms with E-state index in [9.17, 15) is 18.0 Å². The molecule has 0 aliphatic carbocycles. The molecule has 21 heavy (non-hydrogen) atoms. The van der Waals surface area contributed by atoms with Gasteiger partial charge in [0.1, 0.15) is 0 Å². The Bertz CT molecular complexity index is 621. The minimum atomic E-state index is -4.39. The Hall–Kier alpha value is -1.82. The van der Waals surface area contributed by atoms with Gasteiger partial charge < -0.3 is 0 Å². The Kier molecular flexibility index (Phi) is 4.67. The molecule has 0 saturated heterocycles. The summed E-state index contributed by atoms with van der Waals surface area (Å²) in [6.07, 6.45) is -3.62. The van der Waals surface area contributed by atoms with Crippen LogP contribution >= 0.6 is 11.8 Å². The lowest BCUT2D eigenvalue weighted by Crippen LogP contribution is -2.06. The molecular weight excluding hydrogens is 299 g/mol. The fraction of sp³-hybridized carbons (Fsp3) is 0.200. The fourth-order valence-corrected chi connectivity index (χ4v) is 2.33. The molecule has 110 valence electrons. The van der Waals surface area contributed by atoms with Crippen LogP contribution in [0.1, 0.15) is 21.5 Å². The van der Waals surface area contributed by atoms with Crippen molar-refractivity contribution >= 4 is 17.5 Å². The largest absolute Gasteiger partial charge is 0.417 e. The lowest BCUT2D eigenvalue weighted by atomic mass is 10.1. The Morgan fingerprint density at radius 2 is 1.81 bits per heavy atom. The van der Waals surface area contributed by atoms with Gasteiger partial charge in [-0.15, -0.1) is 0 Å². The van der Waals surface area contributed by atoms with Crippen LogP contribution in [-0.4, -0.2) is 16.5 Å². The quantitative estimate of drug-likeness (QED) is 0.620. The highest BCUT2D eigenvalue weighted by Gasteiger charge is 2.30. The number of thioether (sulfide) groups is 1. The molecule has 0 aliphatic rings. The van der Waals surface area contributed by atoms with E-state index in [4.69, 9.17) is 0 Å². The molecule has 1 aromatic carbocycles. The molecule has 0 bridgehead atoms. The minimum absolute atomic E-state index is 0.0818. The fourth-order valence-electron chi connectivity index (χ4n) is 1.60. The van der Waals surface area contributed by atoms with Gasteiger partial charge in [0.15, 0.2) is 5.78 Å². The van der Waals surface area contributed by atoms with Crippen molar-refractivity contribution in [3.63, 3.8) is 0 Å². The summed E-state index contributed by atoms with van der Waals surface area (Å²) in [5, 5.41) is 0.392. The SMILES string of the molecule is Cc1ccc(C(=O)CSc2ccc(C(F)(F)F)cn2)cc1. The first kappa shape index (κ1) is 15.6. The van der Waals surface area contributed by atoms with Gasteiger partial charge in [-0.2, -0.15) is 13.2 Å². The molecule has 0 radical (unpaired) electrons. The molecule has 0 fully saturated rings. The van der Waals surface area contributed by atoms with Crippen molar-refractivity contribution in [2.75, 3.05) is 5.75 Å². The molecule has 0 N–H and O–H groups in total. The minimum Gasteiger partial charge on any atom is -0.293 e. The number of aryl methyl sites for hydroxylation is 1. The normalized spacial score (nSPS) is 11.4. The average Bonchev–Trinajstić information content (AvgIpc) is 2.45. The number of rotatable bonds is 4. The number of ketones is 1. The maximum atomic E-state index is 12.4. The van der Waals surface area contributed by atoms with Crippen LogP contribution in [-0.2, 0) is 6.18 Å². The number of pyridine rings is 1. The summed E-state index contributed by atoms with van der Waals surface area (Å²) in [6, 6.07) is 9.39. The van der Waals surface area contributed by atoms with E-state index < -0.39 is 11.7 Å². The summed E-state index contributed by atoms with van der Waals surface area (Å²) >= 11 is 1.12. The first-order chi connectivity index (χ1) is 9.86. The van der Waals surface area contributed by atoms with Crippen molar-refractivity contribution in [3.05, 3.63) is 59.3 Å². The first-order valence-corrected chi connectivity index (χ1v) is 7.11. The van der Waals surface area contributed by atoms with E-state index in [1.807, 2.05) is 19.1 Å². The van der Waals surface area contributed by atoms with Crippen LogP contribution < -0.4 is 0 Å². The predicted molar refractivity (Wildman–Crippen MR) is 75.5 cm³/mol.